The van der Waals surface area contributed by atoms with Crippen molar-refractivity contribution >= 4 is 38.9 Å². The van der Waals surface area contributed by atoms with Crippen molar-refractivity contribution in [3.05, 3.63) is 20.3 Å². The molecular formula is C11H14BrClOS. The van der Waals surface area contributed by atoms with Gasteiger partial charge in [-0.15, -0.1) is 22.9 Å². The van der Waals surface area contributed by atoms with Gasteiger partial charge in [0.2, 0.25) is 0 Å². The minimum Gasteiger partial charge on any atom is -0.381 e. The molecular weight excluding hydrogens is 296 g/mol. The van der Waals surface area contributed by atoms with Gasteiger partial charge in [-0.25, -0.2) is 0 Å². The van der Waals surface area contributed by atoms with E-state index >= 15 is 0 Å². The summed E-state index contributed by atoms with van der Waals surface area (Å²) in [6, 6.07) is 2.20. The zero-order chi connectivity index (χ0) is 10.8. The van der Waals surface area contributed by atoms with E-state index in [1.807, 2.05) is 0 Å². The fourth-order valence-electron chi connectivity index (χ4n) is 1.86. The van der Waals surface area contributed by atoms with Crippen LogP contribution in [0.4, 0.5) is 0 Å². The molecule has 1 atom stereocenters. The summed E-state index contributed by atoms with van der Waals surface area (Å²) in [5.74, 6) is 0.574. The first-order chi connectivity index (χ1) is 7.18. The van der Waals surface area contributed by atoms with Gasteiger partial charge in [-0.05, 0) is 53.2 Å². The number of halogens is 2. The molecule has 0 saturated carbocycles. The Kier molecular flexibility index (Phi) is 4.10. The van der Waals surface area contributed by atoms with Crippen molar-refractivity contribution in [2.45, 2.75) is 25.1 Å². The minimum atomic E-state index is 0.156. The summed E-state index contributed by atoms with van der Waals surface area (Å²) in [5.41, 5.74) is 1.28. The lowest BCUT2D eigenvalue weighted by Gasteiger charge is -2.25. The smallest absolute Gasteiger partial charge is 0.0731 e. The molecule has 4 heteroatoms. The zero-order valence-corrected chi connectivity index (χ0v) is 11.8. The van der Waals surface area contributed by atoms with Gasteiger partial charge in [0.1, 0.15) is 0 Å². The topological polar surface area (TPSA) is 9.23 Å². The third kappa shape index (κ3) is 2.76. The molecule has 0 amide bonds. The lowest BCUT2D eigenvalue weighted by atomic mass is 9.95. The van der Waals surface area contributed by atoms with Crippen LogP contribution in [0.25, 0.3) is 0 Å². The summed E-state index contributed by atoms with van der Waals surface area (Å²) >= 11 is 11.8. The molecule has 1 aliphatic rings. The van der Waals surface area contributed by atoms with E-state index in [2.05, 4.69) is 28.9 Å². The molecule has 1 saturated heterocycles. The van der Waals surface area contributed by atoms with E-state index < -0.39 is 0 Å². The molecule has 0 aromatic carbocycles. The lowest BCUT2D eigenvalue weighted by molar-refractivity contribution is 0.0653. The highest BCUT2D eigenvalue weighted by Gasteiger charge is 2.25. The molecule has 1 nitrogen and oxygen atoms in total. The van der Waals surface area contributed by atoms with Crippen molar-refractivity contribution < 1.29 is 4.74 Å². The third-order valence-electron chi connectivity index (χ3n) is 2.83. The number of hydrogen-bond donors (Lipinski definition) is 0. The molecule has 2 rings (SSSR count). The molecule has 15 heavy (non-hydrogen) atoms. The van der Waals surface area contributed by atoms with Crippen molar-refractivity contribution in [1.82, 2.24) is 0 Å². The molecule has 0 radical (unpaired) electrons. The van der Waals surface area contributed by atoms with Gasteiger partial charge in [0.25, 0.3) is 0 Å². The average Bonchev–Trinajstić information content (AvgIpc) is 2.59. The number of alkyl halides is 1. The van der Waals surface area contributed by atoms with E-state index in [0.717, 1.165) is 26.1 Å². The van der Waals surface area contributed by atoms with Crippen molar-refractivity contribution in [1.29, 1.82) is 0 Å². The van der Waals surface area contributed by atoms with Crippen LogP contribution in [0.5, 0.6) is 0 Å². The average molecular weight is 310 g/mol. The monoisotopic (exact) mass is 308 g/mol. The first kappa shape index (κ1) is 11.9. The SMILES string of the molecule is Cc1cc(C(Cl)C2CCOCC2)sc1Br. The summed E-state index contributed by atoms with van der Waals surface area (Å²) in [4.78, 5) is 1.29. The van der Waals surface area contributed by atoms with Gasteiger partial charge < -0.3 is 4.74 Å². The van der Waals surface area contributed by atoms with E-state index in [0.29, 0.717) is 5.92 Å². The van der Waals surface area contributed by atoms with E-state index in [1.165, 1.54) is 14.2 Å². The molecule has 1 unspecified atom stereocenters. The molecule has 1 fully saturated rings. The highest BCUT2D eigenvalue weighted by atomic mass is 79.9. The van der Waals surface area contributed by atoms with Gasteiger partial charge >= 0.3 is 0 Å². The normalized spacial score (nSPS) is 20.5. The van der Waals surface area contributed by atoms with E-state index in [9.17, 15) is 0 Å². The zero-order valence-electron chi connectivity index (χ0n) is 8.63. The molecule has 1 aromatic heterocycles. The quantitative estimate of drug-likeness (QED) is 0.730. The molecule has 1 aromatic rings. The van der Waals surface area contributed by atoms with E-state index in [4.69, 9.17) is 16.3 Å². The Hall–Kier alpha value is 0.430. The van der Waals surface area contributed by atoms with Crippen LogP contribution in [0.1, 0.15) is 28.7 Å². The van der Waals surface area contributed by atoms with Gasteiger partial charge in [-0.2, -0.15) is 0 Å². The summed E-state index contributed by atoms with van der Waals surface area (Å²) in [6.45, 7) is 3.83. The van der Waals surface area contributed by atoms with Crippen LogP contribution < -0.4 is 0 Å². The Morgan fingerprint density at radius 2 is 2.20 bits per heavy atom. The predicted octanol–water partition coefficient (Wildman–Crippen LogP) is 4.53. The Labute approximate surface area is 108 Å². The Morgan fingerprint density at radius 3 is 2.73 bits per heavy atom. The summed E-state index contributed by atoms with van der Waals surface area (Å²) in [5, 5.41) is 0.156. The Bertz CT molecular complexity index is 314. The first-order valence-electron chi connectivity index (χ1n) is 5.16. The van der Waals surface area contributed by atoms with Crippen LogP contribution >= 0.6 is 38.9 Å². The molecule has 2 heterocycles. The summed E-state index contributed by atoms with van der Waals surface area (Å²) in [7, 11) is 0. The minimum absolute atomic E-state index is 0.156. The maximum Gasteiger partial charge on any atom is 0.0731 e. The Balaban J connectivity index is 2.08. The third-order valence-corrected chi connectivity index (χ3v) is 5.77. The second-order valence-electron chi connectivity index (χ2n) is 3.96. The highest BCUT2D eigenvalue weighted by Crippen LogP contribution is 2.41. The predicted molar refractivity (Wildman–Crippen MR) is 68.9 cm³/mol. The molecule has 0 spiro atoms. The van der Waals surface area contributed by atoms with Gasteiger partial charge in [-0.3, -0.25) is 0 Å². The standard InChI is InChI=1S/C11H14BrClOS/c1-7-6-9(15-11(7)12)10(13)8-2-4-14-5-3-8/h6,8,10H,2-5H2,1H3. The van der Waals surface area contributed by atoms with Gasteiger partial charge in [-0.1, -0.05) is 0 Å². The summed E-state index contributed by atoms with van der Waals surface area (Å²) in [6.07, 6.45) is 2.17. The van der Waals surface area contributed by atoms with Crippen molar-refractivity contribution in [2.75, 3.05) is 13.2 Å². The second-order valence-corrected chi connectivity index (χ2v) is 6.83. The van der Waals surface area contributed by atoms with E-state index in [1.54, 1.807) is 11.3 Å². The largest absolute Gasteiger partial charge is 0.381 e. The van der Waals surface area contributed by atoms with Crippen LogP contribution in [0, 0.1) is 12.8 Å². The first-order valence-corrected chi connectivity index (χ1v) is 7.20. The van der Waals surface area contributed by atoms with Gasteiger partial charge in [0.15, 0.2) is 0 Å². The fourth-order valence-corrected chi connectivity index (χ4v) is 3.95. The second kappa shape index (κ2) is 5.17. The summed E-state index contributed by atoms with van der Waals surface area (Å²) < 4.78 is 6.55. The van der Waals surface area contributed by atoms with Crippen LogP contribution in [-0.4, -0.2) is 13.2 Å². The van der Waals surface area contributed by atoms with Crippen molar-refractivity contribution in [2.24, 2.45) is 5.92 Å². The van der Waals surface area contributed by atoms with E-state index in [-0.39, 0.29) is 5.38 Å². The fraction of sp³-hybridized carbons (Fsp3) is 0.636. The van der Waals surface area contributed by atoms with Crippen molar-refractivity contribution in [3.63, 3.8) is 0 Å². The molecule has 0 N–H and O–H groups in total. The maximum atomic E-state index is 6.50. The van der Waals surface area contributed by atoms with Crippen LogP contribution in [0.15, 0.2) is 9.85 Å². The number of hydrogen-bond acceptors (Lipinski definition) is 2. The van der Waals surface area contributed by atoms with Gasteiger partial charge in [0, 0.05) is 18.1 Å². The van der Waals surface area contributed by atoms with Crippen LogP contribution in [0.3, 0.4) is 0 Å². The molecule has 0 aliphatic carbocycles. The van der Waals surface area contributed by atoms with Gasteiger partial charge in [0.05, 0.1) is 9.16 Å². The van der Waals surface area contributed by atoms with Crippen molar-refractivity contribution in [3.8, 4) is 0 Å². The number of rotatable bonds is 2. The number of ether oxygens (including phenoxy) is 1. The van der Waals surface area contributed by atoms with Crippen LogP contribution in [-0.2, 0) is 4.74 Å². The lowest BCUT2D eigenvalue weighted by Crippen LogP contribution is -2.18. The maximum absolute atomic E-state index is 6.50. The molecule has 84 valence electrons. The molecule has 0 bridgehead atoms. The van der Waals surface area contributed by atoms with Crippen LogP contribution in [0.2, 0.25) is 0 Å². The Morgan fingerprint density at radius 1 is 1.53 bits per heavy atom. The number of aryl methyl sites for hydroxylation is 1. The highest BCUT2D eigenvalue weighted by molar-refractivity contribution is 9.11. The molecule has 1 aliphatic heterocycles. The number of thiophene rings is 1.